The Morgan fingerprint density at radius 1 is 1.26 bits per heavy atom. The first kappa shape index (κ1) is 24.9. The highest BCUT2D eigenvalue weighted by Crippen LogP contribution is 2.35. The van der Waals surface area contributed by atoms with Crippen LogP contribution in [0, 0.1) is 0 Å². The molecule has 0 spiro atoms. The van der Waals surface area contributed by atoms with E-state index in [4.69, 9.17) is 13.1 Å². The fourth-order valence-corrected chi connectivity index (χ4v) is 4.02. The van der Waals surface area contributed by atoms with Crippen LogP contribution in [-0.2, 0) is 39.1 Å². The molecular weight excluding hydrogens is 446 g/mol. The van der Waals surface area contributed by atoms with Gasteiger partial charge in [0, 0.05) is 12.0 Å². The molecule has 1 aliphatic carbocycles. The van der Waals surface area contributed by atoms with E-state index in [1.165, 1.54) is 6.92 Å². The second kappa shape index (κ2) is 10.8. The number of hydrogen-bond donors (Lipinski definition) is 1. The molecule has 0 fully saturated rings. The third kappa shape index (κ3) is 7.69. The Labute approximate surface area is 186 Å². The van der Waals surface area contributed by atoms with Crippen molar-refractivity contribution in [3.8, 4) is 0 Å². The first-order chi connectivity index (χ1) is 14.5. The molecule has 9 nitrogen and oxygen atoms in total. The Bertz CT molecular complexity index is 945. The number of amides is 1. The maximum atomic E-state index is 12.6. The number of carbonyl (C=O) groups is 2. The summed E-state index contributed by atoms with van der Waals surface area (Å²) in [7, 11) is -3.21. The summed E-state index contributed by atoms with van der Waals surface area (Å²) in [5.74, 6) is -0.725. The highest BCUT2D eigenvalue weighted by molar-refractivity contribution is 8.03. The molecular formula is C20H25NO8S2. The van der Waals surface area contributed by atoms with Crippen LogP contribution in [-0.4, -0.2) is 44.5 Å². The molecule has 2 rings (SSSR count). The molecule has 0 radical (unpaired) electrons. The molecule has 1 aromatic carbocycles. The van der Waals surface area contributed by atoms with Gasteiger partial charge in [0.05, 0.1) is 12.4 Å². The summed E-state index contributed by atoms with van der Waals surface area (Å²) >= 11 is 0.583. The van der Waals surface area contributed by atoms with E-state index in [-0.39, 0.29) is 6.61 Å². The molecule has 1 N–H and O–H groups in total. The lowest BCUT2D eigenvalue weighted by Gasteiger charge is -2.35. The minimum Gasteiger partial charge on any atom is -0.452 e. The Balaban J connectivity index is 1.95. The van der Waals surface area contributed by atoms with Crippen molar-refractivity contribution in [2.75, 3.05) is 7.11 Å². The van der Waals surface area contributed by atoms with Crippen LogP contribution < -0.4 is 5.32 Å². The maximum Gasteiger partial charge on any atom is 0.410 e. The van der Waals surface area contributed by atoms with Crippen LogP contribution in [0.3, 0.4) is 0 Å². The SMILES string of the molecule is COS(=O)(=O)OSC1C=C(C)C=CC1(C)OC(=O)[C@H](C)NC(=O)OCc1ccccc1. The summed E-state index contributed by atoms with van der Waals surface area (Å²) in [6.07, 6.45) is 4.30. The zero-order valence-corrected chi connectivity index (χ0v) is 19.2. The topological polar surface area (TPSA) is 117 Å². The van der Waals surface area contributed by atoms with Crippen molar-refractivity contribution in [1.82, 2.24) is 5.32 Å². The van der Waals surface area contributed by atoms with Gasteiger partial charge in [0.1, 0.15) is 18.2 Å². The predicted molar refractivity (Wildman–Crippen MR) is 115 cm³/mol. The zero-order valence-electron chi connectivity index (χ0n) is 17.6. The minimum absolute atomic E-state index is 0.0585. The zero-order chi connectivity index (χ0) is 23.1. The molecule has 0 heterocycles. The summed E-state index contributed by atoms with van der Waals surface area (Å²) in [6, 6.07) is 8.10. The van der Waals surface area contributed by atoms with Gasteiger partial charge in [-0.3, -0.25) is 4.18 Å². The maximum absolute atomic E-state index is 12.6. The first-order valence-electron chi connectivity index (χ1n) is 9.28. The fourth-order valence-electron chi connectivity index (χ4n) is 2.49. The van der Waals surface area contributed by atoms with Gasteiger partial charge in [-0.05, 0) is 32.4 Å². The molecule has 1 amide bonds. The van der Waals surface area contributed by atoms with E-state index in [1.54, 1.807) is 37.3 Å². The van der Waals surface area contributed by atoms with Crippen LogP contribution in [0.4, 0.5) is 4.79 Å². The smallest absolute Gasteiger partial charge is 0.410 e. The number of nitrogens with one attached hydrogen (secondary N) is 1. The number of alkyl carbamates (subject to hydrolysis) is 1. The van der Waals surface area contributed by atoms with E-state index < -0.39 is 39.4 Å². The van der Waals surface area contributed by atoms with Crippen molar-refractivity contribution < 1.29 is 35.3 Å². The molecule has 11 heteroatoms. The third-order valence-corrected chi connectivity index (χ3v) is 6.51. The van der Waals surface area contributed by atoms with Crippen molar-refractivity contribution >= 4 is 34.5 Å². The van der Waals surface area contributed by atoms with Crippen molar-refractivity contribution in [2.45, 2.75) is 44.3 Å². The van der Waals surface area contributed by atoms with Gasteiger partial charge in [-0.15, -0.1) is 0 Å². The lowest BCUT2D eigenvalue weighted by molar-refractivity contribution is -0.155. The number of rotatable bonds is 9. The van der Waals surface area contributed by atoms with Crippen LogP contribution in [0.25, 0.3) is 0 Å². The van der Waals surface area contributed by atoms with Crippen LogP contribution in [0.1, 0.15) is 26.3 Å². The Morgan fingerprint density at radius 2 is 1.94 bits per heavy atom. The van der Waals surface area contributed by atoms with Crippen molar-refractivity contribution in [3.05, 3.63) is 59.7 Å². The molecule has 170 valence electrons. The van der Waals surface area contributed by atoms with Gasteiger partial charge in [0.2, 0.25) is 0 Å². The van der Waals surface area contributed by atoms with Gasteiger partial charge in [0.15, 0.2) is 0 Å². The minimum atomic E-state index is -4.18. The lowest BCUT2D eigenvalue weighted by Crippen LogP contribution is -2.47. The molecule has 0 aromatic heterocycles. The molecule has 0 aliphatic heterocycles. The summed E-state index contributed by atoms with van der Waals surface area (Å²) in [6.45, 7) is 4.93. The van der Waals surface area contributed by atoms with Crippen LogP contribution in [0.5, 0.6) is 0 Å². The molecule has 1 aliphatic rings. The number of ether oxygens (including phenoxy) is 2. The second-order valence-electron chi connectivity index (χ2n) is 6.94. The molecule has 31 heavy (non-hydrogen) atoms. The third-order valence-electron chi connectivity index (χ3n) is 4.31. The first-order valence-corrected chi connectivity index (χ1v) is 11.4. The monoisotopic (exact) mass is 471 g/mol. The van der Waals surface area contributed by atoms with E-state index in [2.05, 4.69) is 9.50 Å². The Hall–Kier alpha value is -2.34. The standard InChI is InChI=1S/C20H25NO8S2/c1-14-10-11-20(3,17(12-14)30-29-31(24,25)26-4)28-18(22)15(2)21-19(23)27-13-16-8-6-5-7-9-16/h5-12,15,17H,13H2,1-4H3,(H,21,23)/t15-,17?,20?/m0/s1. The number of hydrogen-bond acceptors (Lipinski definition) is 9. The normalized spacial score (nSPS) is 21.7. The van der Waals surface area contributed by atoms with Crippen LogP contribution in [0.15, 0.2) is 54.1 Å². The van der Waals surface area contributed by atoms with E-state index in [0.29, 0.717) is 12.0 Å². The average molecular weight is 472 g/mol. The fraction of sp³-hybridized carbons (Fsp3) is 0.400. The van der Waals surface area contributed by atoms with E-state index in [1.807, 2.05) is 25.1 Å². The molecule has 0 bridgehead atoms. The predicted octanol–water partition coefficient (Wildman–Crippen LogP) is 3.04. The van der Waals surface area contributed by atoms with Crippen LogP contribution >= 0.6 is 12.0 Å². The number of esters is 1. The molecule has 1 aromatic rings. The number of allylic oxidation sites excluding steroid dienone is 2. The van der Waals surface area contributed by atoms with E-state index >= 15 is 0 Å². The average Bonchev–Trinajstić information content (AvgIpc) is 2.73. The summed E-state index contributed by atoms with van der Waals surface area (Å²) in [5, 5.41) is 1.74. The quantitative estimate of drug-likeness (QED) is 0.428. The molecule has 0 saturated heterocycles. The molecule has 0 saturated carbocycles. The van der Waals surface area contributed by atoms with Gasteiger partial charge >= 0.3 is 22.5 Å². The van der Waals surface area contributed by atoms with E-state index in [9.17, 15) is 18.0 Å². The second-order valence-corrected chi connectivity index (χ2v) is 9.33. The number of benzene rings is 1. The van der Waals surface area contributed by atoms with Gasteiger partial charge in [-0.1, -0.05) is 48.1 Å². The lowest BCUT2D eigenvalue weighted by atomic mass is 9.93. The van der Waals surface area contributed by atoms with Gasteiger partial charge in [-0.2, -0.15) is 12.0 Å². The van der Waals surface area contributed by atoms with E-state index in [0.717, 1.165) is 18.2 Å². The summed E-state index contributed by atoms with van der Waals surface area (Å²) in [4.78, 5) is 24.6. The Morgan fingerprint density at radius 3 is 2.58 bits per heavy atom. The highest BCUT2D eigenvalue weighted by Gasteiger charge is 2.40. The Kier molecular flexibility index (Phi) is 8.69. The highest BCUT2D eigenvalue weighted by atomic mass is 32.3. The number of carbonyl (C=O) groups excluding carboxylic acids is 2. The van der Waals surface area contributed by atoms with Crippen molar-refractivity contribution in [3.63, 3.8) is 0 Å². The van der Waals surface area contributed by atoms with Crippen molar-refractivity contribution in [2.24, 2.45) is 0 Å². The van der Waals surface area contributed by atoms with Crippen LogP contribution in [0.2, 0.25) is 0 Å². The van der Waals surface area contributed by atoms with Gasteiger partial charge in [-0.25, -0.2) is 9.59 Å². The van der Waals surface area contributed by atoms with Crippen molar-refractivity contribution in [1.29, 1.82) is 0 Å². The molecule has 3 atom stereocenters. The largest absolute Gasteiger partial charge is 0.452 e. The van der Waals surface area contributed by atoms with Gasteiger partial charge < -0.3 is 14.8 Å². The summed E-state index contributed by atoms with van der Waals surface area (Å²) in [5.41, 5.74) is 0.412. The summed E-state index contributed by atoms with van der Waals surface area (Å²) < 4.78 is 42.7. The molecule has 2 unspecified atom stereocenters. The van der Waals surface area contributed by atoms with Gasteiger partial charge in [0.25, 0.3) is 0 Å².